The number of hydrogen-bond acceptors (Lipinski definition) is 6. The highest BCUT2D eigenvalue weighted by atomic mass is 16.6. The van der Waals surface area contributed by atoms with E-state index in [4.69, 9.17) is 14.2 Å². The van der Waals surface area contributed by atoms with Gasteiger partial charge in [0.1, 0.15) is 12.7 Å². The quantitative estimate of drug-likeness (QED) is 0.744. The number of rotatable bonds is 6. The second kappa shape index (κ2) is 8.10. The van der Waals surface area contributed by atoms with E-state index in [0.29, 0.717) is 24.0 Å². The average molecular weight is 308 g/mol. The summed E-state index contributed by atoms with van der Waals surface area (Å²) in [5, 5.41) is 0. The lowest BCUT2D eigenvalue weighted by Crippen LogP contribution is -2.45. The van der Waals surface area contributed by atoms with Crippen LogP contribution in [0, 0.1) is 5.92 Å². The van der Waals surface area contributed by atoms with E-state index in [0.717, 1.165) is 19.6 Å². The largest absolute Gasteiger partial charge is 0.481 e. The molecule has 0 spiro atoms. The zero-order valence-electron chi connectivity index (χ0n) is 13.4. The topological polar surface area (TPSA) is 60.9 Å². The Bertz CT molecular complexity index is 476. The molecule has 6 nitrogen and oxygen atoms in total. The van der Waals surface area contributed by atoms with Gasteiger partial charge in [-0.25, -0.2) is 9.78 Å². The lowest BCUT2D eigenvalue weighted by Gasteiger charge is -2.33. The van der Waals surface area contributed by atoms with Gasteiger partial charge in [0, 0.05) is 31.9 Å². The van der Waals surface area contributed by atoms with Crippen molar-refractivity contribution in [3.05, 3.63) is 23.9 Å². The van der Waals surface area contributed by atoms with Gasteiger partial charge in [0.15, 0.2) is 0 Å². The first kappa shape index (κ1) is 16.7. The summed E-state index contributed by atoms with van der Waals surface area (Å²) in [6.07, 6.45) is 1.39. The second-order valence-corrected chi connectivity index (χ2v) is 5.83. The maximum Gasteiger partial charge on any atom is 0.339 e. The van der Waals surface area contributed by atoms with E-state index in [1.54, 1.807) is 12.1 Å². The highest BCUT2D eigenvalue weighted by Gasteiger charge is 2.22. The third-order valence-corrected chi connectivity index (χ3v) is 3.43. The van der Waals surface area contributed by atoms with Crippen molar-refractivity contribution in [3.8, 4) is 5.88 Å². The summed E-state index contributed by atoms with van der Waals surface area (Å²) < 4.78 is 15.9. The highest BCUT2D eigenvalue weighted by Crippen LogP contribution is 2.11. The Labute approximate surface area is 131 Å². The van der Waals surface area contributed by atoms with Crippen LogP contribution >= 0.6 is 0 Å². The predicted molar refractivity (Wildman–Crippen MR) is 82.1 cm³/mol. The van der Waals surface area contributed by atoms with Gasteiger partial charge in [-0.05, 0) is 12.0 Å². The van der Waals surface area contributed by atoms with Crippen LogP contribution in [-0.2, 0) is 9.47 Å². The van der Waals surface area contributed by atoms with Gasteiger partial charge in [-0.1, -0.05) is 13.8 Å². The van der Waals surface area contributed by atoms with Gasteiger partial charge < -0.3 is 14.2 Å². The molecule has 1 aliphatic heterocycles. The van der Waals surface area contributed by atoms with Crippen molar-refractivity contribution in [3.63, 3.8) is 0 Å². The maximum absolute atomic E-state index is 12.0. The molecule has 0 radical (unpaired) electrons. The van der Waals surface area contributed by atoms with Crippen LogP contribution in [-0.4, -0.2) is 61.9 Å². The normalized spacial score (nSPS) is 19.2. The number of carbonyl (C=O) groups is 1. The zero-order chi connectivity index (χ0) is 15.9. The summed E-state index contributed by atoms with van der Waals surface area (Å²) in [4.78, 5) is 18.3. The van der Waals surface area contributed by atoms with Gasteiger partial charge in [0.05, 0.1) is 19.3 Å². The smallest absolute Gasteiger partial charge is 0.339 e. The first-order valence-electron chi connectivity index (χ1n) is 7.59. The van der Waals surface area contributed by atoms with Crippen LogP contribution in [0.5, 0.6) is 5.88 Å². The van der Waals surface area contributed by atoms with E-state index in [9.17, 15) is 4.79 Å². The van der Waals surface area contributed by atoms with Crippen molar-refractivity contribution in [2.45, 2.75) is 20.0 Å². The van der Waals surface area contributed by atoms with Crippen molar-refractivity contribution >= 4 is 5.97 Å². The molecule has 2 heterocycles. The van der Waals surface area contributed by atoms with Gasteiger partial charge in [0.2, 0.25) is 5.88 Å². The van der Waals surface area contributed by atoms with Crippen LogP contribution < -0.4 is 4.74 Å². The Hall–Kier alpha value is -1.66. The lowest BCUT2D eigenvalue weighted by molar-refractivity contribution is -0.0612. The number of hydrogen-bond donors (Lipinski definition) is 0. The molecule has 122 valence electrons. The molecule has 6 heteroatoms. The summed E-state index contributed by atoms with van der Waals surface area (Å²) in [5.74, 6) is 0.697. The fraction of sp³-hybridized carbons (Fsp3) is 0.625. The minimum atomic E-state index is -0.389. The molecule has 0 amide bonds. The minimum Gasteiger partial charge on any atom is -0.481 e. The van der Waals surface area contributed by atoms with E-state index in [1.807, 2.05) is 0 Å². The number of methoxy groups -OCH3 is 1. The SMILES string of the molecule is COc1ccc(C(=O)OCC2CN(CC(C)C)CCO2)cn1. The first-order chi connectivity index (χ1) is 10.6. The fourth-order valence-electron chi connectivity index (χ4n) is 2.44. The molecule has 1 aliphatic rings. The van der Waals surface area contributed by atoms with Gasteiger partial charge >= 0.3 is 5.97 Å². The van der Waals surface area contributed by atoms with Gasteiger partial charge in [-0.2, -0.15) is 0 Å². The summed E-state index contributed by atoms with van der Waals surface area (Å²) in [7, 11) is 1.53. The first-order valence-corrected chi connectivity index (χ1v) is 7.59. The molecule has 0 aliphatic carbocycles. The third-order valence-electron chi connectivity index (χ3n) is 3.43. The van der Waals surface area contributed by atoms with Crippen molar-refractivity contribution in [1.29, 1.82) is 0 Å². The maximum atomic E-state index is 12.0. The molecule has 0 N–H and O–H groups in total. The Morgan fingerprint density at radius 2 is 2.32 bits per heavy atom. The lowest BCUT2D eigenvalue weighted by atomic mass is 10.2. The predicted octanol–water partition coefficient (Wildman–Crippen LogP) is 1.60. The summed E-state index contributed by atoms with van der Waals surface area (Å²) in [6.45, 7) is 8.11. The zero-order valence-corrected chi connectivity index (χ0v) is 13.4. The van der Waals surface area contributed by atoms with E-state index >= 15 is 0 Å². The van der Waals surface area contributed by atoms with Crippen LogP contribution in [0.25, 0.3) is 0 Å². The third kappa shape index (κ3) is 4.96. The molecule has 1 atom stereocenters. The molecule has 1 saturated heterocycles. The van der Waals surface area contributed by atoms with Gasteiger partial charge in [-0.15, -0.1) is 0 Å². The summed E-state index contributed by atoms with van der Waals surface area (Å²) in [5.41, 5.74) is 0.413. The molecule has 0 saturated carbocycles. The van der Waals surface area contributed by atoms with E-state index in [-0.39, 0.29) is 18.7 Å². The van der Waals surface area contributed by atoms with Crippen LogP contribution in [0.3, 0.4) is 0 Å². The van der Waals surface area contributed by atoms with Crippen LogP contribution in [0.4, 0.5) is 0 Å². The molecule has 0 bridgehead atoms. The van der Waals surface area contributed by atoms with E-state index < -0.39 is 0 Å². The Kier molecular flexibility index (Phi) is 6.15. The monoisotopic (exact) mass is 308 g/mol. The van der Waals surface area contributed by atoms with E-state index in [2.05, 4.69) is 23.7 Å². The number of morpholine rings is 1. The Morgan fingerprint density at radius 3 is 2.95 bits per heavy atom. The molecule has 1 fully saturated rings. The van der Waals surface area contributed by atoms with Gasteiger partial charge in [0.25, 0.3) is 0 Å². The van der Waals surface area contributed by atoms with Crippen molar-refractivity contribution in [1.82, 2.24) is 9.88 Å². The Balaban J connectivity index is 1.79. The molecular weight excluding hydrogens is 284 g/mol. The number of ether oxygens (including phenoxy) is 3. The number of pyridine rings is 1. The Morgan fingerprint density at radius 1 is 1.50 bits per heavy atom. The number of aromatic nitrogens is 1. The average Bonchev–Trinajstić information content (AvgIpc) is 2.52. The van der Waals surface area contributed by atoms with Gasteiger partial charge in [-0.3, -0.25) is 4.90 Å². The standard InChI is InChI=1S/C16H24N2O4/c1-12(2)9-18-6-7-21-14(10-18)11-22-16(19)13-4-5-15(20-3)17-8-13/h4-5,8,12,14H,6-7,9-11H2,1-3H3. The molecule has 1 aromatic rings. The minimum absolute atomic E-state index is 0.0670. The van der Waals surface area contributed by atoms with Crippen molar-refractivity contribution in [2.75, 3.05) is 40.0 Å². The molecular formula is C16H24N2O4. The van der Waals surface area contributed by atoms with Crippen LogP contribution in [0.15, 0.2) is 18.3 Å². The fourth-order valence-corrected chi connectivity index (χ4v) is 2.44. The second-order valence-electron chi connectivity index (χ2n) is 5.83. The number of nitrogens with zero attached hydrogens (tertiary/aromatic N) is 2. The summed E-state index contributed by atoms with van der Waals surface area (Å²) in [6, 6.07) is 3.28. The number of esters is 1. The number of carbonyl (C=O) groups excluding carboxylic acids is 1. The van der Waals surface area contributed by atoms with Crippen molar-refractivity contribution < 1.29 is 19.0 Å². The highest BCUT2D eigenvalue weighted by molar-refractivity contribution is 5.89. The molecule has 22 heavy (non-hydrogen) atoms. The van der Waals surface area contributed by atoms with Crippen LogP contribution in [0.2, 0.25) is 0 Å². The molecule has 2 rings (SSSR count). The van der Waals surface area contributed by atoms with Crippen molar-refractivity contribution in [2.24, 2.45) is 5.92 Å². The summed E-state index contributed by atoms with van der Waals surface area (Å²) >= 11 is 0. The molecule has 1 unspecified atom stereocenters. The van der Waals surface area contributed by atoms with Crippen LogP contribution in [0.1, 0.15) is 24.2 Å². The molecule has 0 aromatic carbocycles. The van der Waals surface area contributed by atoms with E-state index in [1.165, 1.54) is 13.3 Å². The molecule has 1 aromatic heterocycles.